The lowest BCUT2D eigenvalue weighted by atomic mass is 10.1. The molecule has 1 aliphatic rings. The van der Waals surface area contributed by atoms with Crippen LogP contribution in [0, 0.1) is 10.1 Å². The van der Waals surface area contributed by atoms with Gasteiger partial charge in [-0.3, -0.25) is 14.9 Å². The highest BCUT2D eigenvalue weighted by molar-refractivity contribution is 5.95. The average Bonchev–Trinajstić information content (AvgIpc) is 2.68. The molecule has 0 saturated carbocycles. The van der Waals surface area contributed by atoms with E-state index >= 15 is 0 Å². The maximum absolute atomic E-state index is 12.8. The van der Waals surface area contributed by atoms with Gasteiger partial charge in [-0.05, 0) is 24.6 Å². The topological polar surface area (TPSA) is 81.9 Å². The van der Waals surface area contributed by atoms with E-state index in [0.29, 0.717) is 26.3 Å². The summed E-state index contributed by atoms with van der Waals surface area (Å²) in [7, 11) is 0. The van der Waals surface area contributed by atoms with Crippen LogP contribution in [0.15, 0.2) is 48.5 Å². The lowest BCUT2D eigenvalue weighted by Crippen LogP contribution is -2.42. The first-order valence-electron chi connectivity index (χ1n) is 8.47. The fraction of sp³-hybridized carbons (Fsp3) is 0.316. The molecule has 136 valence electrons. The van der Waals surface area contributed by atoms with Gasteiger partial charge in [0.25, 0.3) is 5.91 Å². The van der Waals surface area contributed by atoms with Gasteiger partial charge in [-0.1, -0.05) is 30.3 Å². The molecule has 7 heteroatoms. The second kappa shape index (κ2) is 7.97. The molecule has 2 aromatic carbocycles. The van der Waals surface area contributed by atoms with Gasteiger partial charge < -0.3 is 14.4 Å². The van der Waals surface area contributed by atoms with Gasteiger partial charge in [-0.25, -0.2) is 0 Å². The summed E-state index contributed by atoms with van der Waals surface area (Å²) in [6, 6.07) is 14.0. The molecular weight excluding hydrogens is 336 g/mol. The molecule has 1 saturated heterocycles. The van der Waals surface area contributed by atoms with E-state index in [9.17, 15) is 14.9 Å². The van der Waals surface area contributed by atoms with Gasteiger partial charge in [0.2, 0.25) is 0 Å². The minimum Gasteiger partial charge on any atom is -0.487 e. The van der Waals surface area contributed by atoms with Crippen molar-refractivity contribution in [3.63, 3.8) is 0 Å². The molecule has 26 heavy (non-hydrogen) atoms. The molecule has 0 N–H and O–H groups in total. The Hall–Kier alpha value is -2.93. The Labute approximate surface area is 151 Å². The molecular formula is C19H20N2O5. The standard InChI is InChI=1S/C19H20N2O5/c1-2-25-17-9-8-15(12-16(17)21(23)24)19(22)20-10-11-26-18(13-20)14-6-4-3-5-7-14/h3-9,12,18H,2,10-11,13H2,1H3. The van der Waals surface area contributed by atoms with Gasteiger partial charge in [0.05, 0.1) is 24.7 Å². The SMILES string of the molecule is CCOc1ccc(C(=O)N2CCOC(c3ccccc3)C2)cc1[N+](=O)[O-]. The van der Waals surface area contributed by atoms with E-state index in [2.05, 4.69) is 0 Å². The third kappa shape index (κ3) is 3.83. The lowest BCUT2D eigenvalue weighted by Gasteiger charge is -2.33. The van der Waals surface area contributed by atoms with Crippen LogP contribution in [0.5, 0.6) is 5.75 Å². The van der Waals surface area contributed by atoms with Crippen LogP contribution in [-0.2, 0) is 4.74 Å². The van der Waals surface area contributed by atoms with E-state index in [1.807, 2.05) is 30.3 Å². The molecule has 1 atom stereocenters. The minimum atomic E-state index is -0.534. The van der Waals surface area contributed by atoms with Crippen molar-refractivity contribution < 1.29 is 19.2 Å². The highest BCUT2D eigenvalue weighted by Crippen LogP contribution is 2.29. The second-order valence-corrected chi connectivity index (χ2v) is 5.89. The molecule has 1 heterocycles. The Balaban J connectivity index is 1.80. The number of benzene rings is 2. The van der Waals surface area contributed by atoms with Crippen molar-refractivity contribution >= 4 is 11.6 Å². The monoisotopic (exact) mass is 356 g/mol. The van der Waals surface area contributed by atoms with E-state index < -0.39 is 4.92 Å². The van der Waals surface area contributed by atoms with Crippen LogP contribution in [0.1, 0.15) is 28.9 Å². The van der Waals surface area contributed by atoms with Crippen LogP contribution in [0.25, 0.3) is 0 Å². The van der Waals surface area contributed by atoms with Gasteiger partial charge in [0.1, 0.15) is 6.10 Å². The van der Waals surface area contributed by atoms with Gasteiger partial charge in [0.15, 0.2) is 5.75 Å². The number of morpholine rings is 1. The van der Waals surface area contributed by atoms with Crippen LogP contribution in [0.3, 0.4) is 0 Å². The number of carbonyl (C=O) groups excluding carboxylic acids is 1. The molecule has 0 bridgehead atoms. The van der Waals surface area contributed by atoms with Crippen LogP contribution in [-0.4, -0.2) is 42.0 Å². The van der Waals surface area contributed by atoms with Crippen molar-refractivity contribution in [3.8, 4) is 5.75 Å². The first-order chi connectivity index (χ1) is 12.6. The van der Waals surface area contributed by atoms with Gasteiger partial charge in [0, 0.05) is 18.2 Å². The maximum Gasteiger partial charge on any atom is 0.311 e. The van der Waals surface area contributed by atoms with Crippen molar-refractivity contribution in [1.29, 1.82) is 0 Å². The highest BCUT2D eigenvalue weighted by Gasteiger charge is 2.27. The number of nitro groups is 1. The summed E-state index contributed by atoms with van der Waals surface area (Å²) in [5.74, 6) is -0.0847. The molecule has 0 spiro atoms. The Morgan fingerprint density at radius 2 is 2.08 bits per heavy atom. The summed E-state index contributed by atoms with van der Waals surface area (Å²) in [6.45, 7) is 3.34. The molecule has 1 aliphatic heterocycles. The van der Waals surface area contributed by atoms with Crippen molar-refractivity contribution in [3.05, 3.63) is 69.8 Å². The highest BCUT2D eigenvalue weighted by atomic mass is 16.6. The number of hydrogen-bond donors (Lipinski definition) is 0. The fourth-order valence-corrected chi connectivity index (χ4v) is 2.96. The van der Waals surface area contributed by atoms with Crippen LogP contribution in [0.2, 0.25) is 0 Å². The molecule has 0 radical (unpaired) electrons. The smallest absolute Gasteiger partial charge is 0.311 e. The van der Waals surface area contributed by atoms with Crippen molar-refractivity contribution in [2.45, 2.75) is 13.0 Å². The number of rotatable bonds is 5. The van der Waals surface area contributed by atoms with E-state index in [1.54, 1.807) is 17.9 Å². The summed E-state index contributed by atoms with van der Waals surface area (Å²) in [6.07, 6.45) is -0.202. The summed E-state index contributed by atoms with van der Waals surface area (Å²) in [5, 5.41) is 11.3. The fourth-order valence-electron chi connectivity index (χ4n) is 2.96. The second-order valence-electron chi connectivity index (χ2n) is 5.89. The van der Waals surface area contributed by atoms with Gasteiger partial charge in [-0.2, -0.15) is 0 Å². The lowest BCUT2D eigenvalue weighted by molar-refractivity contribution is -0.385. The van der Waals surface area contributed by atoms with E-state index in [4.69, 9.17) is 9.47 Å². The zero-order valence-electron chi connectivity index (χ0n) is 14.5. The first-order valence-corrected chi connectivity index (χ1v) is 8.47. The molecule has 1 fully saturated rings. The molecule has 2 aromatic rings. The van der Waals surface area contributed by atoms with Crippen molar-refractivity contribution in [1.82, 2.24) is 4.90 Å². The predicted octanol–water partition coefficient (Wildman–Crippen LogP) is 3.21. The quantitative estimate of drug-likeness (QED) is 0.607. The Kier molecular flexibility index (Phi) is 5.48. The molecule has 0 aliphatic carbocycles. The Morgan fingerprint density at radius 1 is 1.31 bits per heavy atom. The number of ether oxygens (including phenoxy) is 2. The third-order valence-corrected chi connectivity index (χ3v) is 4.23. The normalized spacial score (nSPS) is 17.0. The van der Waals surface area contributed by atoms with Crippen LogP contribution < -0.4 is 4.74 Å². The zero-order valence-corrected chi connectivity index (χ0v) is 14.5. The van der Waals surface area contributed by atoms with Crippen LogP contribution in [0.4, 0.5) is 5.69 Å². The Bertz CT molecular complexity index is 794. The first kappa shape index (κ1) is 17.9. The van der Waals surface area contributed by atoms with E-state index in [-0.39, 0.29) is 29.0 Å². The van der Waals surface area contributed by atoms with E-state index in [0.717, 1.165) is 5.56 Å². The summed E-state index contributed by atoms with van der Waals surface area (Å²) < 4.78 is 11.0. The number of amides is 1. The average molecular weight is 356 g/mol. The zero-order chi connectivity index (χ0) is 18.5. The largest absolute Gasteiger partial charge is 0.487 e. The third-order valence-electron chi connectivity index (χ3n) is 4.23. The maximum atomic E-state index is 12.8. The number of carbonyl (C=O) groups is 1. The summed E-state index contributed by atoms with van der Waals surface area (Å²) in [4.78, 5) is 25.2. The number of hydrogen-bond acceptors (Lipinski definition) is 5. The molecule has 3 rings (SSSR count). The summed E-state index contributed by atoms with van der Waals surface area (Å²) >= 11 is 0. The Morgan fingerprint density at radius 3 is 2.77 bits per heavy atom. The molecule has 0 aromatic heterocycles. The van der Waals surface area contributed by atoms with Crippen molar-refractivity contribution in [2.75, 3.05) is 26.3 Å². The van der Waals surface area contributed by atoms with Gasteiger partial charge >= 0.3 is 5.69 Å². The minimum absolute atomic E-state index is 0.165. The molecule has 1 amide bonds. The number of nitrogens with zero attached hydrogens (tertiary/aromatic N) is 2. The van der Waals surface area contributed by atoms with Gasteiger partial charge in [-0.15, -0.1) is 0 Å². The predicted molar refractivity (Wildman–Crippen MR) is 95.3 cm³/mol. The van der Waals surface area contributed by atoms with E-state index in [1.165, 1.54) is 12.1 Å². The molecule has 1 unspecified atom stereocenters. The molecule has 7 nitrogen and oxygen atoms in total. The van der Waals surface area contributed by atoms with Crippen molar-refractivity contribution in [2.24, 2.45) is 0 Å². The van der Waals surface area contributed by atoms with Crippen LogP contribution >= 0.6 is 0 Å². The number of nitro benzene ring substituents is 1. The summed E-state index contributed by atoms with van der Waals surface area (Å²) in [5.41, 5.74) is 1.07.